The van der Waals surface area contributed by atoms with Crippen molar-refractivity contribution in [2.75, 3.05) is 0 Å². The lowest BCUT2D eigenvalue weighted by atomic mass is 9.85. The summed E-state index contributed by atoms with van der Waals surface area (Å²) >= 11 is 0. The molecule has 6 heteroatoms. The lowest BCUT2D eigenvalue weighted by Gasteiger charge is -2.19. The van der Waals surface area contributed by atoms with Crippen LogP contribution in [0.1, 0.15) is 63.8 Å². The Morgan fingerprint density at radius 3 is 1.34 bits per heavy atom. The van der Waals surface area contributed by atoms with Gasteiger partial charge >= 0.3 is 0 Å². The van der Waals surface area contributed by atoms with Crippen molar-refractivity contribution in [1.29, 1.82) is 0 Å². The molecule has 7 rings (SSSR count). The van der Waals surface area contributed by atoms with Crippen LogP contribution in [0, 0.1) is 13.8 Å². The van der Waals surface area contributed by atoms with Gasteiger partial charge in [-0.2, -0.15) is 0 Å². The van der Waals surface area contributed by atoms with Gasteiger partial charge in [-0.25, -0.2) is 15.0 Å². The van der Waals surface area contributed by atoms with Crippen LogP contribution in [0.4, 0.5) is 0 Å². The summed E-state index contributed by atoms with van der Waals surface area (Å²) in [7, 11) is 0. The standard InChI is InChI=1S/C41H40N6/c1-25-9-17-33(42-23-25)38-44-37(45-39(46-38)34-18-10-26(2)24-43-34)27-11-15-30(16-12-27)47-35-19-13-28(40(3,4)5)21-31(35)32-22-29(41(6,7)8)14-20-36(32)47/h9-24H,1-8H3. The van der Waals surface area contributed by atoms with Gasteiger partial charge in [0.1, 0.15) is 11.4 Å². The third-order valence-electron chi connectivity index (χ3n) is 8.80. The number of pyridine rings is 2. The first-order chi connectivity index (χ1) is 22.3. The molecule has 4 heterocycles. The van der Waals surface area contributed by atoms with Crippen molar-refractivity contribution in [2.24, 2.45) is 0 Å². The van der Waals surface area contributed by atoms with E-state index in [-0.39, 0.29) is 10.8 Å². The summed E-state index contributed by atoms with van der Waals surface area (Å²) in [5.74, 6) is 1.61. The summed E-state index contributed by atoms with van der Waals surface area (Å²) in [4.78, 5) is 23.8. The fourth-order valence-corrected chi connectivity index (χ4v) is 5.93. The van der Waals surface area contributed by atoms with Crippen molar-refractivity contribution in [3.63, 3.8) is 0 Å². The SMILES string of the molecule is Cc1ccc(-c2nc(-c3ccc(-n4c5ccc(C(C)(C)C)cc5c5cc(C(C)(C)C)ccc54)cc3)nc(-c3ccc(C)cn3)n2)nc1. The minimum atomic E-state index is 0.0519. The van der Waals surface area contributed by atoms with E-state index < -0.39 is 0 Å². The zero-order chi connectivity index (χ0) is 33.1. The Balaban J connectivity index is 1.37. The second kappa shape index (κ2) is 11.2. The second-order valence-electron chi connectivity index (χ2n) is 14.6. The maximum atomic E-state index is 4.88. The topological polar surface area (TPSA) is 69.4 Å². The number of rotatable bonds is 4. The largest absolute Gasteiger partial charge is 0.309 e. The van der Waals surface area contributed by atoms with Crippen LogP contribution in [0.3, 0.4) is 0 Å². The van der Waals surface area contributed by atoms with Crippen molar-refractivity contribution in [2.45, 2.75) is 66.2 Å². The molecule has 0 aliphatic heterocycles. The molecule has 0 amide bonds. The minimum Gasteiger partial charge on any atom is -0.309 e. The number of hydrogen-bond donors (Lipinski definition) is 0. The molecule has 0 saturated heterocycles. The molecule has 0 saturated carbocycles. The smallest absolute Gasteiger partial charge is 0.182 e. The quantitative estimate of drug-likeness (QED) is 0.197. The zero-order valence-electron chi connectivity index (χ0n) is 28.4. The van der Waals surface area contributed by atoms with Crippen molar-refractivity contribution in [1.82, 2.24) is 29.5 Å². The average molecular weight is 617 g/mol. The van der Waals surface area contributed by atoms with Gasteiger partial charge in [0.25, 0.3) is 0 Å². The van der Waals surface area contributed by atoms with Crippen LogP contribution < -0.4 is 0 Å². The second-order valence-corrected chi connectivity index (χ2v) is 14.6. The summed E-state index contributed by atoms with van der Waals surface area (Å²) in [6.07, 6.45) is 3.66. The van der Waals surface area contributed by atoms with Crippen LogP contribution in [0.5, 0.6) is 0 Å². The van der Waals surface area contributed by atoms with Crippen molar-refractivity contribution in [3.8, 4) is 40.1 Å². The highest BCUT2D eigenvalue weighted by Gasteiger charge is 2.21. The van der Waals surface area contributed by atoms with Crippen LogP contribution in [0.2, 0.25) is 0 Å². The highest BCUT2D eigenvalue weighted by atomic mass is 15.1. The summed E-state index contributed by atoms with van der Waals surface area (Å²) in [5, 5.41) is 2.54. The Kier molecular flexibility index (Phi) is 7.27. The van der Waals surface area contributed by atoms with Crippen LogP contribution in [-0.4, -0.2) is 29.5 Å². The van der Waals surface area contributed by atoms with E-state index in [1.807, 2.05) is 50.5 Å². The average Bonchev–Trinajstić information content (AvgIpc) is 3.38. The molecule has 0 atom stereocenters. The number of nitrogens with zero attached hydrogens (tertiary/aromatic N) is 6. The van der Waals surface area contributed by atoms with E-state index in [1.165, 1.54) is 32.9 Å². The van der Waals surface area contributed by atoms with Gasteiger partial charge < -0.3 is 4.57 Å². The predicted molar refractivity (Wildman–Crippen MR) is 193 cm³/mol. The van der Waals surface area contributed by atoms with Gasteiger partial charge in [0.05, 0.1) is 11.0 Å². The van der Waals surface area contributed by atoms with Gasteiger partial charge in [-0.3, -0.25) is 9.97 Å². The summed E-state index contributed by atoms with van der Waals surface area (Å²) < 4.78 is 2.37. The molecule has 4 aromatic heterocycles. The molecule has 0 radical (unpaired) electrons. The van der Waals surface area contributed by atoms with Gasteiger partial charge in [-0.15, -0.1) is 0 Å². The van der Waals surface area contributed by atoms with E-state index in [1.54, 1.807) is 0 Å². The minimum absolute atomic E-state index is 0.0519. The van der Waals surface area contributed by atoms with Crippen molar-refractivity contribution < 1.29 is 0 Å². The number of hydrogen-bond acceptors (Lipinski definition) is 5. The Bertz CT molecular complexity index is 2110. The van der Waals surface area contributed by atoms with Gasteiger partial charge in [0, 0.05) is 34.4 Å². The molecule has 0 N–H and O–H groups in total. The molecule has 47 heavy (non-hydrogen) atoms. The maximum absolute atomic E-state index is 4.88. The highest BCUT2D eigenvalue weighted by Crippen LogP contribution is 2.38. The maximum Gasteiger partial charge on any atom is 0.182 e. The first-order valence-corrected chi connectivity index (χ1v) is 16.2. The van der Waals surface area contributed by atoms with E-state index >= 15 is 0 Å². The number of aryl methyl sites for hydroxylation is 2. The van der Waals surface area contributed by atoms with Gasteiger partial charge in [0.15, 0.2) is 17.5 Å². The molecular weight excluding hydrogens is 576 g/mol. The fourth-order valence-electron chi connectivity index (χ4n) is 5.93. The van der Waals surface area contributed by atoms with Crippen molar-refractivity contribution >= 4 is 21.8 Å². The zero-order valence-corrected chi connectivity index (χ0v) is 28.4. The lowest BCUT2D eigenvalue weighted by Crippen LogP contribution is -2.10. The third-order valence-corrected chi connectivity index (χ3v) is 8.80. The summed E-state index contributed by atoms with van der Waals surface area (Å²) in [6.45, 7) is 17.7. The van der Waals surface area contributed by atoms with Gasteiger partial charge in [0.2, 0.25) is 0 Å². The summed E-state index contributed by atoms with van der Waals surface area (Å²) in [6, 6.07) is 30.3. The monoisotopic (exact) mass is 616 g/mol. The molecule has 234 valence electrons. The molecule has 0 aliphatic rings. The van der Waals surface area contributed by atoms with Crippen LogP contribution >= 0.6 is 0 Å². The molecule has 3 aromatic carbocycles. The molecular formula is C41H40N6. The van der Waals surface area contributed by atoms with Gasteiger partial charge in [-0.05, 0) is 108 Å². The number of aromatic nitrogens is 6. The van der Waals surface area contributed by atoms with E-state index in [2.05, 4.69) is 117 Å². The third kappa shape index (κ3) is 5.80. The molecule has 7 aromatic rings. The van der Waals surface area contributed by atoms with Crippen LogP contribution in [-0.2, 0) is 10.8 Å². The molecule has 0 fully saturated rings. The van der Waals surface area contributed by atoms with Crippen LogP contribution in [0.15, 0.2) is 97.3 Å². The first kappa shape index (κ1) is 30.4. The van der Waals surface area contributed by atoms with E-state index in [4.69, 9.17) is 15.0 Å². The lowest BCUT2D eigenvalue weighted by molar-refractivity contribution is 0.590. The Morgan fingerprint density at radius 2 is 0.936 bits per heavy atom. The summed E-state index contributed by atoms with van der Waals surface area (Å²) in [5.41, 5.74) is 10.6. The van der Waals surface area contributed by atoms with Crippen molar-refractivity contribution in [3.05, 3.63) is 120 Å². The van der Waals surface area contributed by atoms with E-state index in [0.717, 1.165) is 22.4 Å². The molecule has 0 bridgehead atoms. The molecule has 0 spiro atoms. The van der Waals surface area contributed by atoms with Crippen LogP contribution in [0.25, 0.3) is 61.9 Å². The predicted octanol–water partition coefficient (Wildman–Crippen LogP) is 9.97. The van der Waals surface area contributed by atoms with Gasteiger partial charge in [-0.1, -0.05) is 65.8 Å². The number of fused-ring (bicyclic) bond motifs is 3. The normalized spacial score (nSPS) is 12.3. The molecule has 0 aliphatic carbocycles. The van der Waals surface area contributed by atoms with E-state index in [9.17, 15) is 0 Å². The molecule has 6 nitrogen and oxygen atoms in total. The first-order valence-electron chi connectivity index (χ1n) is 16.2. The highest BCUT2D eigenvalue weighted by molar-refractivity contribution is 6.10. The Hall–Kier alpha value is -5.23. The molecule has 0 unspecified atom stereocenters. The Morgan fingerprint density at radius 1 is 0.489 bits per heavy atom. The van der Waals surface area contributed by atoms with E-state index in [0.29, 0.717) is 28.9 Å². The fraction of sp³-hybridized carbons (Fsp3) is 0.244. The number of benzene rings is 3. The Labute approximate surface area is 276 Å².